The summed E-state index contributed by atoms with van der Waals surface area (Å²) in [7, 11) is 0. The van der Waals surface area contributed by atoms with Crippen molar-refractivity contribution in [3.8, 4) is 0 Å². The quantitative estimate of drug-likeness (QED) is 0.734. The van der Waals surface area contributed by atoms with E-state index in [0.717, 1.165) is 22.6 Å². The van der Waals surface area contributed by atoms with Crippen molar-refractivity contribution < 1.29 is 9.59 Å². The third kappa shape index (κ3) is 5.26. The highest BCUT2D eigenvalue weighted by Gasteiger charge is 2.22. The number of amides is 2. The number of carbonyl (C=O) groups excluding carboxylic acids is 2. The maximum atomic E-state index is 12.8. The average molecular weight is 391 g/mol. The van der Waals surface area contributed by atoms with Crippen molar-refractivity contribution >= 4 is 40.9 Å². The van der Waals surface area contributed by atoms with E-state index >= 15 is 0 Å². The molecule has 1 atom stereocenters. The molecule has 0 bridgehead atoms. The van der Waals surface area contributed by atoms with E-state index in [9.17, 15) is 9.59 Å². The second-order valence-corrected chi connectivity index (χ2v) is 7.42. The lowest BCUT2D eigenvalue weighted by Crippen LogP contribution is -2.44. The van der Waals surface area contributed by atoms with Gasteiger partial charge in [0.15, 0.2) is 0 Å². The number of anilines is 1. The lowest BCUT2D eigenvalue weighted by molar-refractivity contribution is -0.118. The highest BCUT2D eigenvalue weighted by atomic mass is 35.5. The molecule has 0 spiro atoms. The van der Waals surface area contributed by atoms with Gasteiger partial charge in [0.1, 0.15) is 6.04 Å². The summed E-state index contributed by atoms with van der Waals surface area (Å²) in [4.78, 5) is 25.3. The van der Waals surface area contributed by atoms with Gasteiger partial charge in [0.25, 0.3) is 5.91 Å². The highest BCUT2D eigenvalue weighted by molar-refractivity contribution is 7.98. The van der Waals surface area contributed by atoms with Crippen LogP contribution < -0.4 is 10.6 Å². The summed E-state index contributed by atoms with van der Waals surface area (Å²) >= 11 is 7.72. The van der Waals surface area contributed by atoms with Crippen LogP contribution in [0.3, 0.4) is 0 Å². The molecule has 2 amide bonds. The Kier molecular flexibility index (Phi) is 7.54. The summed E-state index contributed by atoms with van der Waals surface area (Å²) in [5, 5.41) is 6.11. The Morgan fingerprint density at radius 3 is 2.54 bits per heavy atom. The molecule has 26 heavy (non-hydrogen) atoms. The first kappa shape index (κ1) is 20.3. The number of nitrogens with one attached hydrogen (secondary N) is 2. The van der Waals surface area contributed by atoms with Crippen molar-refractivity contribution in [1.29, 1.82) is 0 Å². The van der Waals surface area contributed by atoms with Gasteiger partial charge in [0.05, 0.1) is 10.6 Å². The smallest absolute Gasteiger partial charge is 0.253 e. The van der Waals surface area contributed by atoms with Gasteiger partial charge in [-0.3, -0.25) is 9.59 Å². The molecule has 0 heterocycles. The first-order valence-electron chi connectivity index (χ1n) is 8.35. The number of hydrogen-bond acceptors (Lipinski definition) is 3. The predicted molar refractivity (Wildman–Crippen MR) is 110 cm³/mol. The SMILES string of the molecule is CSCCC(NC(=O)c1ccccc1Cl)C(=O)Nc1cccc(C)c1C. The minimum absolute atomic E-state index is 0.229. The largest absolute Gasteiger partial charge is 0.340 e. The average Bonchev–Trinajstić information content (AvgIpc) is 2.62. The molecule has 1 unspecified atom stereocenters. The minimum atomic E-state index is -0.633. The van der Waals surface area contributed by atoms with Gasteiger partial charge in [-0.05, 0) is 61.6 Å². The fraction of sp³-hybridized carbons (Fsp3) is 0.300. The van der Waals surface area contributed by atoms with Gasteiger partial charge >= 0.3 is 0 Å². The van der Waals surface area contributed by atoms with Gasteiger partial charge in [-0.25, -0.2) is 0 Å². The maximum Gasteiger partial charge on any atom is 0.253 e. The summed E-state index contributed by atoms with van der Waals surface area (Å²) in [6, 6.07) is 11.9. The van der Waals surface area contributed by atoms with Gasteiger partial charge in [-0.15, -0.1) is 0 Å². The van der Waals surface area contributed by atoms with Crippen LogP contribution in [0.15, 0.2) is 42.5 Å². The molecule has 2 aromatic carbocycles. The van der Waals surface area contributed by atoms with E-state index in [-0.39, 0.29) is 11.8 Å². The Balaban J connectivity index is 2.15. The number of halogens is 1. The summed E-state index contributed by atoms with van der Waals surface area (Å²) in [5.41, 5.74) is 3.24. The van der Waals surface area contributed by atoms with Crippen molar-refractivity contribution in [3.05, 3.63) is 64.2 Å². The lowest BCUT2D eigenvalue weighted by atomic mass is 10.1. The number of thioether (sulfide) groups is 1. The number of hydrogen-bond donors (Lipinski definition) is 2. The van der Waals surface area contributed by atoms with Crippen molar-refractivity contribution in [2.75, 3.05) is 17.3 Å². The first-order valence-corrected chi connectivity index (χ1v) is 10.1. The zero-order valence-corrected chi connectivity index (χ0v) is 16.7. The van der Waals surface area contributed by atoms with Crippen LogP contribution in [-0.4, -0.2) is 29.9 Å². The Bertz CT molecular complexity index is 795. The van der Waals surface area contributed by atoms with Gasteiger partial charge in [-0.1, -0.05) is 35.9 Å². The number of rotatable bonds is 7. The number of benzene rings is 2. The minimum Gasteiger partial charge on any atom is -0.340 e. The van der Waals surface area contributed by atoms with E-state index in [0.29, 0.717) is 17.0 Å². The maximum absolute atomic E-state index is 12.8. The Morgan fingerprint density at radius 2 is 1.85 bits per heavy atom. The molecule has 0 fully saturated rings. The zero-order valence-electron chi connectivity index (χ0n) is 15.1. The van der Waals surface area contributed by atoms with E-state index in [1.165, 1.54) is 0 Å². The van der Waals surface area contributed by atoms with Crippen LogP contribution in [0.25, 0.3) is 0 Å². The Hall–Kier alpha value is -1.98. The molecule has 0 aliphatic rings. The van der Waals surface area contributed by atoms with Crippen molar-refractivity contribution in [3.63, 3.8) is 0 Å². The molecule has 0 saturated carbocycles. The van der Waals surface area contributed by atoms with E-state index in [1.54, 1.807) is 36.0 Å². The zero-order chi connectivity index (χ0) is 19.1. The van der Waals surface area contributed by atoms with Crippen LogP contribution >= 0.6 is 23.4 Å². The van der Waals surface area contributed by atoms with E-state index in [2.05, 4.69) is 10.6 Å². The van der Waals surface area contributed by atoms with Crippen molar-refractivity contribution in [2.24, 2.45) is 0 Å². The van der Waals surface area contributed by atoms with Crippen LogP contribution in [0, 0.1) is 13.8 Å². The second-order valence-electron chi connectivity index (χ2n) is 6.02. The molecular weight excluding hydrogens is 368 g/mol. The third-order valence-corrected chi connectivity index (χ3v) is 5.19. The van der Waals surface area contributed by atoms with Gasteiger partial charge in [-0.2, -0.15) is 11.8 Å². The predicted octanol–water partition coefficient (Wildman–Crippen LogP) is 4.45. The molecule has 0 aliphatic heterocycles. The van der Waals surface area contributed by atoms with E-state index in [1.807, 2.05) is 38.3 Å². The van der Waals surface area contributed by atoms with Gasteiger partial charge in [0, 0.05) is 5.69 Å². The summed E-state index contributed by atoms with van der Waals surface area (Å²) in [6.07, 6.45) is 2.50. The monoisotopic (exact) mass is 390 g/mol. The lowest BCUT2D eigenvalue weighted by Gasteiger charge is -2.19. The molecule has 4 nitrogen and oxygen atoms in total. The fourth-order valence-corrected chi connectivity index (χ4v) is 3.19. The normalized spacial score (nSPS) is 11.7. The molecular formula is C20H23ClN2O2S. The summed E-state index contributed by atoms with van der Waals surface area (Å²) < 4.78 is 0. The van der Waals surface area contributed by atoms with Crippen LogP contribution in [0.4, 0.5) is 5.69 Å². The summed E-state index contributed by atoms with van der Waals surface area (Å²) in [5.74, 6) is 0.180. The van der Waals surface area contributed by atoms with Crippen molar-refractivity contribution in [2.45, 2.75) is 26.3 Å². The van der Waals surface area contributed by atoms with E-state index in [4.69, 9.17) is 11.6 Å². The van der Waals surface area contributed by atoms with Gasteiger partial charge in [0.2, 0.25) is 5.91 Å². The van der Waals surface area contributed by atoms with E-state index < -0.39 is 6.04 Å². The third-order valence-electron chi connectivity index (χ3n) is 4.21. The molecule has 0 saturated heterocycles. The highest BCUT2D eigenvalue weighted by Crippen LogP contribution is 2.19. The Labute approximate surface area is 163 Å². The molecule has 138 valence electrons. The van der Waals surface area contributed by atoms with Crippen LogP contribution in [0.2, 0.25) is 5.02 Å². The molecule has 0 radical (unpaired) electrons. The molecule has 2 N–H and O–H groups in total. The molecule has 0 aromatic heterocycles. The summed E-state index contributed by atoms with van der Waals surface area (Å²) in [6.45, 7) is 3.96. The van der Waals surface area contributed by atoms with Gasteiger partial charge < -0.3 is 10.6 Å². The standard InChI is InChI=1S/C20H23ClN2O2S/c1-13-7-6-10-17(14(13)2)22-20(25)18(11-12-26-3)23-19(24)15-8-4-5-9-16(15)21/h4-10,18H,11-12H2,1-3H3,(H,22,25)(H,23,24). The molecule has 6 heteroatoms. The second kappa shape index (κ2) is 9.64. The van der Waals surface area contributed by atoms with Crippen LogP contribution in [0.1, 0.15) is 27.9 Å². The molecule has 2 rings (SSSR count). The number of carbonyl (C=O) groups is 2. The molecule has 0 aliphatic carbocycles. The topological polar surface area (TPSA) is 58.2 Å². The Morgan fingerprint density at radius 1 is 1.12 bits per heavy atom. The van der Waals surface area contributed by atoms with Crippen molar-refractivity contribution in [1.82, 2.24) is 5.32 Å². The van der Waals surface area contributed by atoms with Crippen LogP contribution in [0.5, 0.6) is 0 Å². The molecule has 2 aromatic rings. The number of aryl methyl sites for hydroxylation is 1. The fourth-order valence-electron chi connectivity index (χ4n) is 2.49. The van der Waals surface area contributed by atoms with Crippen LogP contribution in [-0.2, 0) is 4.79 Å². The first-order chi connectivity index (χ1) is 12.4.